The van der Waals surface area contributed by atoms with Gasteiger partial charge in [-0.1, -0.05) is 84.4 Å². The summed E-state index contributed by atoms with van der Waals surface area (Å²) in [5, 5.41) is 0. The summed E-state index contributed by atoms with van der Waals surface area (Å²) in [6, 6.07) is 28.6. The predicted molar refractivity (Wildman–Crippen MR) is 167 cm³/mol. The number of rotatable bonds is 9. The Morgan fingerprint density at radius 2 is 1.25 bits per heavy atom. The topological polar surface area (TPSA) is 120 Å². The lowest BCUT2D eigenvalue weighted by Crippen LogP contribution is -2.38. The van der Waals surface area contributed by atoms with E-state index in [1.807, 2.05) is 6.92 Å². The van der Waals surface area contributed by atoms with E-state index in [2.05, 4.69) is 9.82 Å². The number of aryl methyl sites for hydroxylation is 1. The van der Waals surface area contributed by atoms with E-state index in [-0.39, 0.29) is 35.2 Å². The number of amidine groups is 1. The maximum atomic E-state index is 13.8. The second-order valence-corrected chi connectivity index (χ2v) is 10.9. The molecule has 0 N–H and O–H groups in total. The SMILES string of the molecule is CCOC(=O)N(C(=O)OCC)/C(=C(\C(=NS(=O)(=O)c1ccc(C)cc1)[N-][n+]1ccccc1)c1ccccc1)c1ccccc1. The molecule has 1 heterocycles. The van der Waals surface area contributed by atoms with Crippen LogP contribution in [0.1, 0.15) is 30.5 Å². The molecule has 44 heavy (non-hydrogen) atoms. The van der Waals surface area contributed by atoms with Crippen LogP contribution in [0.15, 0.2) is 125 Å². The van der Waals surface area contributed by atoms with Crippen molar-refractivity contribution < 1.29 is 32.2 Å². The van der Waals surface area contributed by atoms with Crippen LogP contribution in [0, 0.1) is 6.92 Å². The van der Waals surface area contributed by atoms with Crippen molar-refractivity contribution >= 4 is 39.3 Å². The molecule has 226 valence electrons. The summed E-state index contributed by atoms with van der Waals surface area (Å²) < 4.78 is 43.8. The van der Waals surface area contributed by atoms with Gasteiger partial charge in [0.2, 0.25) is 10.0 Å². The van der Waals surface area contributed by atoms with Crippen molar-refractivity contribution in [1.82, 2.24) is 4.90 Å². The first kappa shape index (κ1) is 31.6. The summed E-state index contributed by atoms with van der Waals surface area (Å²) in [5.41, 5.74) is 6.29. The van der Waals surface area contributed by atoms with Gasteiger partial charge in [-0.25, -0.2) is 18.0 Å². The second kappa shape index (κ2) is 14.7. The maximum Gasteiger partial charge on any atom is 0.424 e. The average molecular weight is 613 g/mol. The Morgan fingerprint density at radius 1 is 0.750 bits per heavy atom. The Balaban J connectivity index is 2.16. The summed E-state index contributed by atoms with van der Waals surface area (Å²) in [6.07, 6.45) is 1.17. The Kier molecular flexibility index (Phi) is 10.6. The zero-order valence-corrected chi connectivity index (χ0v) is 25.3. The number of sulfonamides is 1. The van der Waals surface area contributed by atoms with Gasteiger partial charge < -0.3 is 13.9 Å². The van der Waals surface area contributed by atoms with Crippen molar-refractivity contribution in [3.8, 4) is 0 Å². The lowest BCUT2D eigenvalue weighted by Gasteiger charge is -2.28. The van der Waals surface area contributed by atoms with E-state index >= 15 is 0 Å². The molecule has 10 nitrogen and oxygen atoms in total. The Hall–Kier alpha value is -5.29. The molecule has 0 aliphatic rings. The van der Waals surface area contributed by atoms with E-state index in [0.717, 1.165) is 10.5 Å². The standard InChI is InChI=1S/C33H32N4O6S/c1-4-42-32(38)37(33(39)43-5-2)30(27-17-11-7-12-18-27)29(26-15-9-6-10-16-26)31(34-36-23-13-8-14-24-36)35-44(40,41)28-21-19-25(3)20-22-28/h6-24H,4-5H2,1-3H3/b30-29-,35-31?. The van der Waals surface area contributed by atoms with Crippen LogP contribution in [0.3, 0.4) is 0 Å². The van der Waals surface area contributed by atoms with Crippen LogP contribution < -0.4 is 4.68 Å². The highest BCUT2D eigenvalue weighted by atomic mass is 32.2. The van der Waals surface area contributed by atoms with Gasteiger partial charge in [-0.2, -0.15) is 15.0 Å². The number of nitrogens with zero attached hydrogens (tertiary/aromatic N) is 4. The summed E-state index contributed by atoms with van der Waals surface area (Å²) >= 11 is 0. The van der Waals surface area contributed by atoms with Gasteiger partial charge >= 0.3 is 12.2 Å². The molecule has 4 aromatic rings. The third kappa shape index (κ3) is 7.75. The molecule has 0 aliphatic heterocycles. The molecule has 0 aliphatic carbocycles. The van der Waals surface area contributed by atoms with Gasteiger partial charge in [0.15, 0.2) is 12.4 Å². The van der Waals surface area contributed by atoms with Crippen LogP contribution in [0.5, 0.6) is 0 Å². The van der Waals surface area contributed by atoms with Gasteiger partial charge in [0.1, 0.15) is 0 Å². The molecule has 0 unspecified atom stereocenters. The second-order valence-electron chi connectivity index (χ2n) is 9.25. The number of carbonyl (C=O) groups is 2. The monoisotopic (exact) mass is 612 g/mol. The summed E-state index contributed by atoms with van der Waals surface area (Å²) in [4.78, 5) is 27.7. The molecule has 0 bridgehead atoms. The molecule has 1 aromatic heterocycles. The predicted octanol–water partition coefficient (Wildman–Crippen LogP) is 6.39. The maximum absolute atomic E-state index is 13.8. The highest BCUT2D eigenvalue weighted by Gasteiger charge is 2.33. The van der Waals surface area contributed by atoms with Crippen molar-refractivity contribution in [2.24, 2.45) is 4.40 Å². The molecular formula is C33H32N4O6S. The molecule has 0 fully saturated rings. The van der Waals surface area contributed by atoms with E-state index in [1.54, 1.807) is 117 Å². The largest absolute Gasteiger partial charge is 0.449 e. The van der Waals surface area contributed by atoms with Crippen molar-refractivity contribution in [1.29, 1.82) is 0 Å². The number of ether oxygens (including phenoxy) is 2. The Labute approximate surface area is 256 Å². The zero-order chi connectivity index (χ0) is 31.5. The van der Waals surface area contributed by atoms with Crippen molar-refractivity contribution in [2.75, 3.05) is 13.2 Å². The number of hydrogen-bond acceptors (Lipinski definition) is 6. The first-order chi connectivity index (χ1) is 21.2. The van der Waals surface area contributed by atoms with Crippen molar-refractivity contribution in [3.05, 3.63) is 138 Å². The quantitative estimate of drug-likeness (QED) is 0.0935. The van der Waals surface area contributed by atoms with E-state index in [4.69, 9.17) is 9.47 Å². The highest BCUT2D eigenvalue weighted by Crippen LogP contribution is 2.34. The molecule has 2 amide bonds. The van der Waals surface area contributed by atoms with Gasteiger partial charge in [-0.05, 0) is 44.0 Å². The first-order valence-corrected chi connectivity index (χ1v) is 15.3. The van der Waals surface area contributed by atoms with Crippen molar-refractivity contribution in [3.63, 3.8) is 0 Å². The average Bonchev–Trinajstić information content (AvgIpc) is 3.02. The van der Waals surface area contributed by atoms with Crippen LogP contribution in [0.2, 0.25) is 0 Å². The lowest BCUT2D eigenvalue weighted by molar-refractivity contribution is -0.616. The highest BCUT2D eigenvalue weighted by molar-refractivity contribution is 7.90. The molecule has 0 saturated carbocycles. The fourth-order valence-electron chi connectivity index (χ4n) is 4.15. The van der Waals surface area contributed by atoms with E-state index in [9.17, 15) is 18.0 Å². The van der Waals surface area contributed by atoms with Gasteiger partial charge in [0.05, 0.1) is 23.8 Å². The van der Waals surface area contributed by atoms with Crippen LogP contribution in [-0.2, 0) is 19.5 Å². The van der Waals surface area contributed by atoms with Gasteiger partial charge in [0, 0.05) is 23.5 Å². The third-order valence-electron chi connectivity index (χ3n) is 6.13. The molecule has 0 atom stereocenters. The van der Waals surface area contributed by atoms with Crippen LogP contribution >= 0.6 is 0 Å². The third-order valence-corrected chi connectivity index (χ3v) is 7.41. The Bertz CT molecular complexity index is 1720. The van der Waals surface area contributed by atoms with Crippen LogP contribution in [-0.4, -0.2) is 44.6 Å². The minimum Gasteiger partial charge on any atom is -0.449 e. The fraction of sp³-hybridized carbons (Fsp3) is 0.152. The van der Waals surface area contributed by atoms with Gasteiger partial charge in [0.25, 0.3) is 0 Å². The zero-order valence-electron chi connectivity index (χ0n) is 24.5. The smallest absolute Gasteiger partial charge is 0.424 e. The number of hydrogen-bond donors (Lipinski definition) is 0. The first-order valence-electron chi connectivity index (χ1n) is 13.8. The Morgan fingerprint density at radius 3 is 1.77 bits per heavy atom. The van der Waals surface area contributed by atoms with Gasteiger partial charge in [-0.15, -0.1) is 0 Å². The molecule has 0 radical (unpaired) electrons. The molecular weight excluding hydrogens is 580 g/mol. The molecule has 11 heteroatoms. The lowest BCUT2D eigenvalue weighted by atomic mass is 9.97. The van der Waals surface area contributed by atoms with E-state index in [0.29, 0.717) is 11.1 Å². The molecule has 0 saturated heterocycles. The minimum atomic E-state index is -4.36. The summed E-state index contributed by atoms with van der Waals surface area (Å²) in [6.45, 7) is 4.98. The number of benzene rings is 3. The van der Waals surface area contributed by atoms with Crippen molar-refractivity contribution in [2.45, 2.75) is 25.7 Å². The number of pyridine rings is 1. The number of amides is 2. The molecule has 3 aromatic carbocycles. The summed E-state index contributed by atoms with van der Waals surface area (Å²) in [7, 11) is -4.36. The van der Waals surface area contributed by atoms with E-state index < -0.39 is 22.2 Å². The fourth-order valence-corrected chi connectivity index (χ4v) is 5.09. The number of imide groups is 1. The normalized spacial score (nSPS) is 12.1. The number of carbonyl (C=O) groups excluding carboxylic acids is 2. The number of aromatic nitrogens is 1. The van der Waals surface area contributed by atoms with Crippen LogP contribution in [0.25, 0.3) is 16.7 Å². The van der Waals surface area contributed by atoms with Crippen LogP contribution in [0.4, 0.5) is 9.59 Å². The molecule has 0 spiro atoms. The minimum absolute atomic E-state index is 0.0353. The molecule has 4 rings (SSSR count). The van der Waals surface area contributed by atoms with E-state index in [1.165, 1.54) is 16.8 Å². The van der Waals surface area contributed by atoms with Gasteiger partial charge in [-0.3, -0.25) is 0 Å². The summed E-state index contributed by atoms with van der Waals surface area (Å²) in [5.74, 6) is -0.301.